The molecule has 1 amide bonds. The molecule has 0 spiro atoms. The number of nitrogens with zero attached hydrogens (tertiary/aromatic N) is 2. The number of aliphatic hydroxyl groups is 1. The van der Waals surface area contributed by atoms with E-state index in [1.54, 1.807) is 36.7 Å². The van der Waals surface area contributed by atoms with Gasteiger partial charge in [-0.3, -0.25) is 14.6 Å². The van der Waals surface area contributed by atoms with E-state index in [9.17, 15) is 14.7 Å². The normalized spacial score (nSPS) is 19.0. The van der Waals surface area contributed by atoms with Crippen molar-refractivity contribution in [2.45, 2.75) is 38.8 Å². The molecule has 0 bridgehead atoms. The Hall–Kier alpha value is -4.13. The fourth-order valence-corrected chi connectivity index (χ4v) is 4.59. The summed E-state index contributed by atoms with van der Waals surface area (Å²) in [7, 11) is 0. The van der Waals surface area contributed by atoms with Crippen molar-refractivity contribution in [1.82, 2.24) is 9.88 Å². The lowest BCUT2D eigenvalue weighted by molar-refractivity contribution is -0.140. The summed E-state index contributed by atoms with van der Waals surface area (Å²) >= 11 is 0. The molecule has 5 rings (SSSR count). The van der Waals surface area contributed by atoms with Gasteiger partial charge in [0.2, 0.25) is 0 Å². The van der Waals surface area contributed by atoms with Gasteiger partial charge in [0.25, 0.3) is 11.7 Å². The van der Waals surface area contributed by atoms with E-state index >= 15 is 0 Å². The number of ketones is 1. The molecule has 2 aliphatic rings. The fraction of sp³-hybridized carbons (Fsp3) is 0.276. The number of aliphatic hydroxyl groups excluding tert-OH is 1. The van der Waals surface area contributed by atoms with Crippen molar-refractivity contribution in [3.05, 3.63) is 94.8 Å². The van der Waals surface area contributed by atoms with E-state index in [1.165, 1.54) is 4.90 Å². The monoisotopic (exact) mass is 484 g/mol. The lowest BCUT2D eigenvalue weighted by atomic mass is 9.85. The lowest BCUT2D eigenvalue weighted by Crippen LogP contribution is -2.29. The van der Waals surface area contributed by atoms with Crippen LogP contribution in [0.1, 0.15) is 49.1 Å². The summed E-state index contributed by atoms with van der Waals surface area (Å²) in [6.07, 6.45) is 3.32. The lowest BCUT2D eigenvalue weighted by Gasteiger charge is -2.26. The van der Waals surface area contributed by atoms with E-state index in [2.05, 4.69) is 25.8 Å². The maximum Gasteiger partial charge on any atom is 0.295 e. The zero-order valence-electron chi connectivity index (χ0n) is 20.5. The van der Waals surface area contributed by atoms with Crippen molar-refractivity contribution in [3.8, 4) is 11.5 Å². The van der Waals surface area contributed by atoms with Crippen LogP contribution in [0.3, 0.4) is 0 Å². The number of fused-ring (bicyclic) bond motifs is 1. The van der Waals surface area contributed by atoms with Gasteiger partial charge in [0.15, 0.2) is 11.5 Å². The summed E-state index contributed by atoms with van der Waals surface area (Å²) in [6, 6.07) is 15.7. The SMILES string of the molecule is CC(C)(C)c1ccc([C@@H]2/C(=C(\O)c3ccc4c(c3)OCCO4)C(=O)C(=O)N2Cc2cccnc2)cc1. The van der Waals surface area contributed by atoms with Gasteiger partial charge in [-0.25, -0.2) is 0 Å². The number of likely N-dealkylation sites (tertiary alicyclic amines) is 1. The molecule has 3 heterocycles. The largest absolute Gasteiger partial charge is 0.507 e. The number of benzene rings is 2. The second kappa shape index (κ2) is 9.15. The number of pyridine rings is 1. The first kappa shape index (κ1) is 23.6. The minimum Gasteiger partial charge on any atom is -0.507 e. The number of rotatable bonds is 4. The summed E-state index contributed by atoms with van der Waals surface area (Å²) < 4.78 is 11.2. The minimum absolute atomic E-state index is 0.0454. The van der Waals surface area contributed by atoms with Gasteiger partial charge < -0.3 is 19.5 Å². The quantitative estimate of drug-likeness (QED) is 0.326. The molecule has 0 saturated carbocycles. The molecule has 2 aromatic carbocycles. The van der Waals surface area contributed by atoms with Crippen LogP contribution in [0.2, 0.25) is 0 Å². The smallest absolute Gasteiger partial charge is 0.295 e. The van der Waals surface area contributed by atoms with Crippen molar-refractivity contribution in [2.75, 3.05) is 13.2 Å². The van der Waals surface area contributed by atoms with Crippen LogP contribution in [0.25, 0.3) is 5.76 Å². The topological polar surface area (TPSA) is 89.0 Å². The zero-order chi connectivity index (χ0) is 25.4. The molecule has 1 fully saturated rings. The Kier molecular flexibility index (Phi) is 6.00. The number of Topliss-reactive ketones (excluding diaryl/α,β-unsaturated/α-hetero) is 1. The number of carbonyl (C=O) groups is 2. The third-order valence-corrected chi connectivity index (χ3v) is 6.52. The van der Waals surface area contributed by atoms with Gasteiger partial charge in [0, 0.05) is 24.5 Å². The first-order chi connectivity index (χ1) is 17.2. The highest BCUT2D eigenvalue weighted by molar-refractivity contribution is 6.46. The van der Waals surface area contributed by atoms with E-state index in [0.29, 0.717) is 30.3 Å². The molecule has 184 valence electrons. The molecule has 1 N–H and O–H groups in total. The number of amides is 1. The van der Waals surface area contributed by atoms with Crippen LogP contribution in [0.4, 0.5) is 0 Å². The molecular formula is C29H28N2O5. The minimum atomic E-state index is -0.757. The van der Waals surface area contributed by atoms with Crippen molar-refractivity contribution in [3.63, 3.8) is 0 Å². The molecule has 0 radical (unpaired) electrons. The van der Waals surface area contributed by atoms with E-state index in [4.69, 9.17) is 9.47 Å². The highest BCUT2D eigenvalue weighted by Gasteiger charge is 2.46. The number of ether oxygens (including phenoxy) is 2. The summed E-state index contributed by atoms with van der Waals surface area (Å²) in [5.74, 6) is -0.576. The Morgan fingerprint density at radius 2 is 1.75 bits per heavy atom. The standard InChI is InChI=1S/C29H28N2O5/c1-29(2,3)21-9-6-19(7-10-21)25-24(26(32)20-8-11-22-23(15-20)36-14-13-35-22)27(33)28(34)31(25)17-18-5-4-12-30-16-18/h4-12,15-16,25,32H,13-14,17H2,1-3H3/b26-24+/t25-/m1/s1. The van der Waals surface area contributed by atoms with Crippen LogP contribution in [0, 0.1) is 0 Å². The first-order valence-corrected chi connectivity index (χ1v) is 11.9. The molecule has 7 heteroatoms. The number of carbonyl (C=O) groups excluding carboxylic acids is 2. The Balaban J connectivity index is 1.63. The van der Waals surface area contributed by atoms with E-state index in [-0.39, 0.29) is 23.3 Å². The number of aromatic nitrogens is 1. The van der Waals surface area contributed by atoms with Crippen LogP contribution in [-0.4, -0.2) is 39.9 Å². The van der Waals surface area contributed by atoms with Crippen LogP contribution < -0.4 is 9.47 Å². The molecule has 36 heavy (non-hydrogen) atoms. The van der Waals surface area contributed by atoms with Gasteiger partial charge in [-0.1, -0.05) is 51.1 Å². The van der Waals surface area contributed by atoms with Crippen LogP contribution in [0.5, 0.6) is 11.5 Å². The summed E-state index contributed by atoms with van der Waals surface area (Å²) in [5.41, 5.74) is 3.03. The average Bonchev–Trinajstić information content (AvgIpc) is 3.13. The summed E-state index contributed by atoms with van der Waals surface area (Å²) in [4.78, 5) is 32.2. The van der Waals surface area contributed by atoms with Gasteiger partial charge in [-0.15, -0.1) is 0 Å². The molecule has 1 aromatic heterocycles. The molecule has 1 saturated heterocycles. The molecule has 0 unspecified atom stereocenters. The first-order valence-electron chi connectivity index (χ1n) is 11.9. The van der Waals surface area contributed by atoms with Crippen LogP contribution in [-0.2, 0) is 21.5 Å². The number of hydrogen-bond donors (Lipinski definition) is 1. The van der Waals surface area contributed by atoms with Gasteiger partial charge in [-0.05, 0) is 46.4 Å². The highest BCUT2D eigenvalue weighted by Crippen LogP contribution is 2.42. The maximum atomic E-state index is 13.3. The van der Waals surface area contributed by atoms with Gasteiger partial charge in [-0.2, -0.15) is 0 Å². The fourth-order valence-electron chi connectivity index (χ4n) is 4.59. The molecule has 2 aliphatic heterocycles. The van der Waals surface area contributed by atoms with E-state index in [0.717, 1.165) is 16.7 Å². The Bertz CT molecular complexity index is 1340. The maximum absolute atomic E-state index is 13.3. The van der Waals surface area contributed by atoms with Crippen molar-refractivity contribution in [1.29, 1.82) is 0 Å². The van der Waals surface area contributed by atoms with Crippen LogP contribution >= 0.6 is 0 Å². The van der Waals surface area contributed by atoms with Gasteiger partial charge in [0.05, 0.1) is 11.6 Å². The summed E-state index contributed by atoms with van der Waals surface area (Å²) in [5, 5.41) is 11.4. The highest BCUT2D eigenvalue weighted by atomic mass is 16.6. The second-order valence-electron chi connectivity index (χ2n) is 10.0. The third kappa shape index (κ3) is 4.33. The van der Waals surface area contributed by atoms with Crippen molar-refractivity contribution >= 4 is 17.4 Å². The van der Waals surface area contributed by atoms with Crippen molar-refractivity contribution < 1.29 is 24.2 Å². The predicted octanol–water partition coefficient (Wildman–Crippen LogP) is 4.77. The van der Waals surface area contributed by atoms with Gasteiger partial charge in [0.1, 0.15) is 19.0 Å². The molecule has 0 aliphatic carbocycles. The van der Waals surface area contributed by atoms with Crippen molar-refractivity contribution in [2.24, 2.45) is 0 Å². The zero-order valence-corrected chi connectivity index (χ0v) is 20.5. The van der Waals surface area contributed by atoms with E-state index < -0.39 is 17.7 Å². The van der Waals surface area contributed by atoms with E-state index in [1.807, 2.05) is 30.3 Å². The molecular weight excluding hydrogens is 456 g/mol. The van der Waals surface area contributed by atoms with Gasteiger partial charge >= 0.3 is 0 Å². The number of hydrogen-bond acceptors (Lipinski definition) is 6. The Morgan fingerprint density at radius 1 is 1.03 bits per heavy atom. The Morgan fingerprint density at radius 3 is 2.42 bits per heavy atom. The molecule has 7 nitrogen and oxygen atoms in total. The molecule has 3 aromatic rings. The molecule has 1 atom stereocenters. The third-order valence-electron chi connectivity index (χ3n) is 6.52. The average molecular weight is 485 g/mol. The second-order valence-corrected chi connectivity index (χ2v) is 10.0. The van der Waals surface area contributed by atoms with Crippen LogP contribution in [0.15, 0.2) is 72.6 Å². The Labute approximate surface area is 210 Å². The predicted molar refractivity (Wildman–Crippen MR) is 135 cm³/mol. The summed E-state index contributed by atoms with van der Waals surface area (Å²) in [6.45, 7) is 7.40.